The summed E-state index contributed by atoms with van der Waals surface area (Å²) in [5.74, 6) is 0.349. The number of para-hydroxylation sites is 1. The molecule has 11 heteroatoms. The number of carbonyl (C=O) groups is 1. The minimum atomic E-state index is -0.652. The maximum absolute atomic E-state index is 15.1. The van der Waals surface area contributed by atoms with E-state index in [0.717, 1.165) is 31.7 Å². The van der Waals surface area contributed by atoms with Crippen molar-refractivity contribution in [1.29, 1.82) is 0 Å². The Morgan fingerprint density at radius 3 is 2.60 bits per heavy atom. The highest BCUT2D eigenvalue weighted by atomic mass is 19.1. The molecule has 0 aliphatic carbocycles. The molecule has 220 valence electrons. The molecule has 10 nitrogen and oxygen atoms in total. The summed E-state index contributed by atoms with van der Waals surface area (Å²) in [5, 5.41) is 11.2. The van der Waals surface area contributed by atoms with Crippen LogP contribution in [0.5, 0.6) is 23.0 Å². The molecule has 1 aliphatic rings. The first-order valence-corrected chi connectivity index (χ1v) is 14.2. The molecule has 0 saturated carbocycles. The highest BCUT2D eigenvalue weighted by molar-refractivity contribution is 6.02. The molecule has 1 fully saturated rings. The van der Waals surface area contributed by atoms with Crippen LogP contribution in [0.4, 0.5) is 10.1 Å². The van der Waals surface area contributed by atoms with Gasteiger partial charge in [-0.2, -0.15) is 0 Å². The minimum Gasteiger partial charge on any atom is -0.493 e. The monoisotopic (exact) mass is 582 g/mol. The van der Waals surface area contributed by atoms with Gasteiger partial charge < -0.3 is 24.4 Å². The predicted molar refractivity (Wildman–Crippen MR) is 160 cm³/mol. The number of anilines is 1. The molecule has 0 spiro atoms. The third kappa shape index (κ3) is 6.57. The molecule has 0 unspecified atom stereocenters. The fraction of sp³-hybridized carbons (Fsp3) is 0.250. The number of hydrogen-bond donors (Lipinski definition) is 1. The second-order valence-corrected chi connectivity index (χ2v) is 10.2. The first-order valence-electron chi connectivity index (χ1n) is 14.2. The maximum atomic E-state index is 15.1. The summed E-state index contributed by atoms with van der Waals surface area (Å²) in [7, 11) is 1.57. The number of benzene rings is 3. The van der Waals surface area contributed by atoms with Gasteiger partial charge in [0.25, 0.3) is 5.91 Å². The Balaban J connectivity index is 1.13. The van der Waals surface area contributed by atoms with Crippen molar-refractivity contribution in [2.24, 2.45) is 0 Å². The average molecular weight is 583 g/mol. The third-order valence-corrected chi connectivity index (χ3v) is 7.22. The second-order valence-electron chi connectivity index (χ2n) is 10.2. The van der Waals surface area contributed by atoms with E-state index in [-0.39, 0.29) is 17.1 Å². The van der Waals surface area contributed by atoms with Crippen LogP contribution < -0.4 is 19.5 Å². The van der Waals surface area contributed by atoms with E-state index in [9.17, 15) is 4.79 Å². The van der Waals surface area contributed by atoms with Crippen molar-refractivity contribution in [1.82, 2.24) is 24.9 Å². The summed E-state index contributed by atoms with van der Waals surface area (Å²) in [6, 6.07) is 18.7. The average Bonchev–Trinajstić information content (AvgIpc) is 3.74. The number of aromatic nitrogens is 4. The number of halogens is 1. The molecule has 1 aliphatic heterocycles. The Bertz CT molecular complexity index is 1720. The number of nitrogens with one attached hydrogen (secondary N) is 1. The molecular formula is C32H31FN6O4. The standard InChI is InChI=1S/C32H31FN6O4/c1-41-30-19-24-26(20-31(30)42-17-7-16-38-14-5-6-15-38)34-13-12-28(24)43-29-11-10-22(18-25(29)33)35-32(40)27-21-39(37-36-27)23-8-3-2-4-9-23/h2-4,8-13,18-21H,5-7,14-17H2,1H3,(H,35,40). The van der Waals surface area contributed by atoms with Crippen LogP contribution in [0.1, 0.15) is 29.8 Å². The van der Waals surface area contributed by atoms with Crippen molar-refractivity contribution in [3.05, 3.63) is 90.6 Å². The summed E-state index contributed by atoms with van der Waals surface area (Å²) in [5.41, 5.74) is 1.73. The maximum Gasteiger partial charge on any atom is 0.277 e. The quantitative estimate of drug-likeness (QED) is 0.193. The van der Waals surface area contributed by atoms with Crippen molar-refractivity contribution >= 4 is 22.5 Å². The van der Waals surface area contributed by atoms with E-state index < -0.39 is 11.7 Å². The fourth-order valence-corrected chi connectivity index (χ4v) is 5.02. The number of likely N-dealkylation sites (tertiary alicyclic amines) is 1. The van der Waals surface area contributed by atoms with Gasteiger partial charge in [-0.15, -0.1) is 5.10 Å². The highest BCUT2D eigenvalue weighted by Crippen LogP contribution is 2.38. The molecule has 0 atom stereocenters. The van der Waals surface area contributed by atoms with Crippen LogP contribution in [-0.2, 0) is 0 Å². The Labute approximate surface area is 248 Å². The fourth-order valence-electron chi connectivity index (χ4n) is 5.02. The van der Waals surface area contributed by atoms with Gasteiger partial charge in [-0.1, -0.05) is 23.4 Å². The van der Waals surface area contributed by atoms with Crippen molar-refractivity contribution < 1.29 is 23.4 Å². The molecule has 5 aromatic rings. The zero-order valence-corrected chi connectivity index (χ0v) is 23.7. The normalized spacial score (nSPS) is 13.3. The van der Waals surface area contributed by atoms with Crippen LogP contribution in [0.3, 0.4) is 0 Å². The summed E-state index contributed by atoms with van der Waals surface area (Å²) >= 11 is 0. The van der Waals surface area contributed by atoms with Gasteiger partial charge in [-0.05, 0) is 68.8 Å². The molecule has 43 heavy (non-hydrogen) atoms. The van der Waals surface area contributed by atoms with Crippen molar-refractivity contribution in [3.8, 4) is 28.7 Å². The number of methoxy groups -OCH3 is 1. The van der Waals surface area contributed by atoms with E-state index in [4.69, 9.17) is 14.2 Å². The molecule has 3 aromatic carbocycles. The molecule has 1 amide bonds. The second kappa shape index (κ2) is 12.9. The number of nitrogens with zero attached hydrogens (tertiary/aromatic N) is 5. The number of carbonyl (C=O) groups excluding carboxylic acids is 1. The molecule has 0 bridgehead atoms. The molecule has 0 radical (unpaired) electrons. The van der Waals surface area contributed by atoms with Crippen LogP contribution in [0, 0.1) is 5.82 Å². The number of fused-ring (bicyclic) bond motifs is 1. The Kier molecular flexibility index (Phi) is 8.41. The molecule has 6 rings (SSSR count). The van der Waals surface area contributed by atoms with E-state index in [1.165, 1.54) is 35.9 Å². The zero-order chi connectivity index (χ0) is 29.6. The molecule has 1 N–H and O–H groups in total. The van der Waals surface area contributed by atoms with Crippen LogP contribution in [0.15, 0.2) is 79.1 Å². The summed E-state index contributed by atoms with van der Waals surface area (Å²) < 4.78 is 34.2. The van der Waals surface area contributed by atoms with Gasteiger partial charge in [0.2, 0.25) is 0 Å². The third-order valence-electron chi connectivity index (χ3n) is 7.22. The SMILES string of the molecule is COc1cc2c(Oc3ccc(NC(=O)c4cn(-c5ccccc5)nn4)cc3F)ccnc2cc1OCCCN1CCCC1. The first kappa shape index (κ1) is 28.1. The van der Waals surface area contributed by atoms with E-state index >= 15 is 4.39 Å². The number of ether oxygens (including phenoxy) is 3. The smallest absolute Gasteiger partial charge is 0.277 e. The van der Waals surface area contributed by atoms with Crippen LogP contribution in [0.2, 0.25) is 0 Å². The van der Waals surface area contributed by atoms with Crippen LogP contribution in [0.25, 0.3) is 16.6 Å². The van der Waals surface area contributed by atoms with E-state index in [2.05, 4.69) is 25.5 Å². The van der Waals surface area contributed by atoms with Gasteiger partial charge in [-0.25, -0.2) is 9.07 Å². The van der Waals surface area contributed by atoms with E-state index in [0.29, 0.717) is 34.8 Å². The Hall–Kier alpha value is -5.03. The number of pyridine rings is 1. The van der Waals surface area contributed by atoms with Gasteiger partial charge in [0.15, 0.2) is 28.8 Å². The van der Waals surface area contributed by atoms with Gasteiger partial charge in [-0.3, -0.25) is 9.78 Å². The topological polar surface area (TPSA) is 104 Å². The zero-order valence-electron chi connectivity index (χ0n) is 23.7. The van der Waals surface area contributed by atoms with Crippen molar-refractivity contribution in [2.45, 2.75) is 19.3 Å². The number of amides is 1. The van der Waals surface area contributed by atoms with Gasteiger partial charge >= 0.3 is 0 Å². The molecular weight excluding hydrogens is 551 g/mol. The summed E-state index contributed by atoms with van der Waals surface area (Å²) in [6.07, 6.45) is 6.55. The first-order chi connectivity index (χ1) is 21.1. The van der Waals surface area contributed by atoms with Gasteiger partial charge in [0.05, 0.1) is 31.1 Å². The van der Waals surface area contributed by atoms with E-state index in [1.54, 1.807) is 37.6 Å². The van der Waals surface area contributed by atoms with Crippen molar-refractivity contribution in [2.75, 3.05) is 38.7 Å². The largest absolute Gasteiger partial charge is 0.493 e. The highest BCUT2D eigenvalue weighted by Gasteiger charge is 2.17. The number of rotatable bonds is 11. The molecule has 2 aromatic heterocycles. The lowest BCUT2D eigenvalue weighted by atomic mass is 10.1. The number of hydrogen-bond acceptors (Lipinski definition) is 8. The van der Waals surface area contributed by atoms with Gasteiger partial charge in [0, 0.05) is 35.9 Å². The lowest BCUT2D eigenvalue weighted by Gasteiger charge is -2.16. The van der Waals surface area contributed by atoms with Crippen molar-refractivity contribution in [3.63, 3.8) is 0 Å². The molecule has 3 heterocycles. The Morgan fingerprint density at radius 2 is 1.81 bits per heavy atom. The minimum absolute atomic E-state index is 0.0123. The lowest BCUT2D eigenvalue weighted by molar-refractivity contribution is 0.102. The molecule has 1 saturated heterocycles. The predicted octanol–water partition coefficient (Wildman–Crippen LogP) is 5.87. The van der Waals surface area contributed by atoms with Gasteiger partial charge in [0.1, 0.15) is 5.75 Å². The summed E-state index contributed by atoms with van der Waals surface area (Å²) in [6.45, 7) is 3.89. The Morgan fingerprint density at radius 1 is 0.977 bits per heavy atom. The van der Waals surface area contributed by atoms with Crippen LogP contribution >= 0.6 is 0 Å². The summed E-state index contributed by atoms with van der Waals surface area (Å²) in [4.78, 5) is 19.6. The van der Waals surface area contributed by atoms with E-state index in [1.807, 2.05) is 30.3 Å². The lowest BCUT2D eigenvalue weighted by Crippen LogP contribution is -2.21. The van der Waals surface area contributed by atoms with Crippen LogP contribution in [-0.4, -0.2) is 64.1 Å².